The van der Waals surface area contributed by atoms with E-state index in [4.69, 9.17) is 5.73 Å². The molecule has 1 aromatic carbocycles. The highest BCUT2D eigenvalue weighted by Crippen LogP contribution is 2.38. The molecule has 2 atom stereocenters. The minimum absolute atomic E-state index is 0.293. The zero-order valence-corrected chi connectivity index (χ0v) is 10.9. The van der Waals surface area contributed by atoms with Gasteiger partial charge in [-0.05, 0) is 38.1 Å². The van der Waals surface area contributed by atoms with Gasteiger partial charge in [0.15, 0.2) is 0 Å². The lowest BCUT2D eigenvalue weighted by Crippen LogP contribution is -2.20. The van der Waals surface area contributed by atoms with Crippen molar-refractivity contribution < 1.29 is 5.11 Å². The van der Waals surface area contributed by atoms with Crippen LogP contribution in [0.2, 0.25) is 0 Å². The minimum atomic E-state index is 0.293. The van der Waals surface area contributed by atoms with Crippen molar-refractivity contribution in [3.05, 3.63) is 28.2 Å². The smallest absolute Gasteiger partial charge is 0.121 e. The maximum Gasteiger partial charge on any atom is 0.121 e. The summed E-state index contributed by atoms with van der Waals surface area (Å²) in [4.78, 5) is 2.26. The number of phenolic OH excluding ortho intramolecular Hbond substituents is 1. The lowest BCUT2D eigenvalue weighted by atomic mass is 9.99. The third kappa shape index (κ3) is 2.24. The van der Waals surface area contributed by atoms with Crippen molar-refractivity contribution in [2.45, 2.75) is 12.5 Å². The summed E-state index contributed by atoms with van der Waals surface area (Å²) in [5.74, 6) is 0.905. The SMILES string of the molecule is CN1CC(CN)CC1c1ccc(Br)cc1O. The summed E-state index contributed by atoms with van der Waals surface area (Å²) in [6.45, 7) is 1.73. The van der Waals surface area contributed by atoms with Crippen LogP contribution in [0.1, 0.15) is 18.0 Å². The molecule has 2 unspecified atom stereocenters. The number of nitrogens with zero attached hydrogens (tertiary/aromatic N) is 1. The summed E-state index contributed by atoms with van der Waals surface area (Å²) >= 11 is 3.35. The van der Waals surface area contributed by atoms with Crippen molar-refractivity contribution in [2.24, 2.45) is 11.7 Å². The number of phenols is 1. The average molecular weight is 285 g/mol. The molecule has 1 fully saturated rings. The summed E-state index contributed by atoms with van der Waals surface area (Å²) in [5, 5.41) is 9.94. The zero-order valence-electron chi connectivity index (χ0n) is 9.36. The molecule has 88 valence electrons. The van der Waals surface area contributed by atoms with Crippen LogP contribution in [0.15, 0.2) is 22.7 Å². The molecular formula is C12H17BrN2O. The number of halogens is 1. The lowest BCUT2D eigenvalue weighted by Gasteiger charge is -2.20. The van der Waals surface area contributed by atoms with E-state index < -0.39 is 0 Å². The van der Waals surface area contributed by atoms with E-state index in [0.29, 0.717) is 17.7 Å². The number of aromatic hydroxyl groups is 1. The van der Waals surface area contributed by atoms with Crippen LogP contribution in [0.4, 0.5) is 0 Å². The maximum atomic E-state index is 9.94. The first-order valence-corrected chi connectivity index (χ1v) is 6.30. The lowest BCUT2D eigenvalue weighted by molar-refractivity contribution is 0.306. The van der Waals surface area contributed by atoms with Crippen LogP contribution in [0, 0.1) is 5.92 Å². The molecule has 1 saturated heterocycles. The molecule has 3 nitrogen and oxygen atoms in total. The minimum Gasteiger partial charge on any atom is -0.508 e. The third-order valence-electron chi connectivity index (χ3n) is 3.32. The van der Waals surface area contributed by atoms with Gasteiger partial charge in [0.25, 0.3) is 0 Å². The van der Waals surface area contributed by atoms with E-state index in [1.54, 1.807) is 6.07 Å². The van der Waals surface area contributed by atoms with Crippen molar-refractivity contribution >= 4 is 15.9 Å². The molecule has 0 spiro atoms. The van der Waals surface area contributed by atoms with Crippen LogP contribution in [0.25, 0.3) is 0 Å². The molecule has 0 aromatic heterocycles. The van der Waals surface area contributed by atoms with Gasteiger partial charge in [-0.1, -0.05) is 22.0 Å². The molecule has 2 rings (SSSR count). The highest BCUT2D eigenvalue weighted by atomic mass is 79.9. The summed E-state index contributed by atoms with van der Waals surface area (Å²) in [6.07, 6.45) is 1.03. The second-order valence-electron chi connectivity index (χ2n) is 4.50. The summed E-state index contributed by atoms with van der Waals surface area (Å²) in [6, 6.07) is 6.00. The molecular weight excluding hydrogens is 268 g/mol. The molecule has 0 saturated carbocycles. The van der Waals surface area contributed by atoms with Gasteiger partial charge >= 0.3 is 0 Å². The van der Waals surface area contributed by atoms with Crippen molar-refractivity contribution in [3.8, 4) is 5.75 Å². The Labute approximate surface area is 104 Å². The number of hydrogen-bond donors (Lipinski definition) is 2. The molecule has 1 aliphatic rings. The molecule has 0 radical (unpaired) electrons. The van der Waals surface area contributed by atoms with Crippen molar-refractivity contribution in [1.82, 2.24) is 4.90 Å². The fraction of sp³-hybridized carbons (Fsp3) is 0.500. The Bertz CT molecular complexity index is 383. The van der Waals surface area contributed by atoms with Gasteiger partial charge in [-0.3, -0.25) is 4.90 Å². The van der Waals surface area contributed by atoms with Crippen LogP contribution in [0.3, 0.4) is 0 Å². The highest BCUT2D eigenvalue weighted by molar-refractivity contribution is 9.10. The van der Waals surface area contributed by atoms with Gasteiger partial charge in [-0.25, -0.2) is 0 Å². The van der Waals surface area contributed by atoms with Gasteiger partial charge in [0.05, 0.1) is 0 Å². The van der Waals surface area contributed by atoms with E-state index >= 15 is 0 Å². The van der Waals surface area contributed by atoms with Gasteiger partial charge in [0.2, 0.25) is 0 Å². The number of benzene rings is 1. The topological polar surface area (TPSA) is 49.5 Å². The predicted octanol–water partition coefficient (Wildman–Crippen LogP) is 2.11. The number of likely N-dealkylation sites (tertiary alicyclic amines) is 1. The molecule has 0 bridgehead atoms. The van der Waals surface area contributed by atoms with E-state index in [-0.39, 0.29) is 0 Å². The Balaban J connectivity index is 2.24. The van der Waals surface area contributed by atoms with Crippen LogP contribution >= 0.6 is 15.9 Å². The Hall–Kier alpha value is -0.580. The molecule has 16 heavy (non-hydrogen) atoms. The van der Waals surface area contributed by atoms with Crippen LogP contribution < -0.4 is 5.73 Å². The fourth-order valence-electron chi connectivity index (χ4n) is 2.44. The second-order valence-corrected chi connectivity index (χ2v) is 5.41. The highest BCUT2D eigenvalue weighted by Gasteiger charge is 2.31. The third-order valence-corrected chi connectivity index (χ3v) is 3.81. The average Bonchev–Trinajstić information content (AvgIpc) is 2.60. The summed E-state index contributed by atoms with van der Waals surface area (Å²) in [7, 11) is 2.09. The standard InChI is InChI=1S/C12H17BrN2O/c1-15-7-8(6-14)4-11(15)10-3-2-9(13)5-12(10)16/h2-3,5,8,11,16H,4,6-7,14H2,1H3. The van der Waals surface area contributed by atoms with Crippen molar-refractivity contribution in [2.75, 3.05) is 20.1 Å². The van der Waals surface area contributed by atoms with Gasteiger partial charge in [-0.2, -0.15) is 0 Å². The summed E-state index contributed by atoms with van der Waals surface area (Å²) < 4.78 is 0.907. The predicted molar refractivity (Wildman–Crippen MR) is 68.3 cm³/mol. The van der Waals surface area contributed by atoms with Crippen molar-refractivity contribution in [1.29, 1.82) is 0 Å². The molecule has 0 amide bonds. The molecule has 4 heteroatoms. The molecule has 1 heterocycles. The van der Waals surface area contributed by atoms with Crippen LogP contribution in [-0.2, 0) is 0 Å². The number of hydrogen-bond acceptors (Lipinski definition) is 3. The van der Waals surface area contributed by atoms with Gasteiger partial charge in [0.1, 0.15) is 5.75 Å². The normalized spacial score (nSPS) is 26.2. The Morgan fingerprint density at radius 3 is 2.88 bits per heavy atom. The number of nitrogens with two attached hydrogens (primary N) is 1. The van der Waals surface area contributed by atoms with E-state index in [2.05, 4.69) is 27.9 Å². The molecule has 3 N–H and O–H groups in total. The van der Waals surface area contributed by atoms with Gasteiger partial charge < -0.3 is 10.8 Å². The maximum absolute atomic E-state index is 9.94. The van der Waals surface area contributed by atoms with Gasteiger partial charge in [-0.15, -0.1) is 0 Å². The van der Waals surface area contributed by atoms with E-state index in [0.717, 1.165) is 29.5 Å². The number of rotatable bonds is 2. The Morgan fingerprint density at radius 2 is 2.31 bits per heavy atom. The van der Waals surface area contributed by atoms with E-state index in [1.165, 1.54) is 0 Å². The van der Waals surface area contributed by atoms with E-state index in [1.807, 2.05) is 12.1 Å². The largest absolute Gasteiger partial charge is 0.508 e. The zero-order chi connectivity index (χ0) is 11.7. The quantitative estimate of drug-likeness (QED) is 0.875. The molecule has 1 aromatic rings. The second kappa shape index (κ2) is 4.73. The van der Waals surface area contributed by atoms with Crippen LogP contribution in [-0.4, -0.2) is 30.1 Å². The Morgan fingerprint density at radius 1 is 1.56 bits per heavy atom. The monoisotopic (exact) mass is 284 g/mol. The first-order valence-electron chi connectivity index (χ1n) is 5.50. The van der Waals surface area contributed by atoms with Crippen LogP contribution in [0.5, 0.6) is 5.75 Å². The first-order chi connectivity index (χ1) is 7.61. The van der Waals surface area contributed by atoms with E-state index in [9.17, 15) is 5.11 Å². The first kappa shape index (κ1) is 11.9. The van der Waals surface area contributed by atoms with Crippen molar-refractivity contribution in [3.63, 3.8) is 0 Å². The van der Waals surface area contributed by atoms with Gasteiger partial charge in [0, 0.05) is 22.6 Å². The molecule has 0 aliphatic carbocycles. The molecule has 1 aliphatic heterocycles. The Kier molecular flexibility index (Phi) is 3.52. The fourth-order valence-corrected chi connectivity index (χ4v) is 2.79. The summed E-state index contributed by atoms with van der Waals surface area (Å²) in [5.41, 5.74) is 6.70.